The molecule has 0 spiro atoms. The summed E-state index contributed by atoms with van der Waals surface area (Å²) in [5.74, 6) is -0.228. The van der Waals surface area contributed by atoms with Crippen LogP contribution in [0, 0.1) is 13.8 Å². The number of halogens is 1. The molecule has 2 aromatic rings. The zero-order valence-electron chi connectivity index (χ0n) is 12.1. The van der Waals surface area contributed by atoms with Crippen molar-refractivity contribution in [3.05, 3.63) is 50.7 Å². The third-order valence-corrected chi connectivity index (χ3v) is 3.47. The first kappa shape index (κ1) is 15.3. The van der Waals surface area contributed by atoms with E-state index < -0.39 is 6.04 Å². The van der Waals surface area contributed by atoms with E-state index in [0.29, 0.717) is 10.6 Å². The van der Waals surface area contributed by atoms with E-state index in [9.17, 15) is 9.59 Å². The van der Waals surface area contributed by atoms with E-state index in [1.54, 1.807) is 13.1 Å². The van der Waals surface area contributed by atoms with Crippen LogP contribution in [0.1, 0.15) is 29.8 Å². The first-order valence-corrected chi connectivity index (χ1v) is 6.93. The Kier molecular flexibility index (Phi) is 4.47. The Morgan fingerprint density at radius 3 is 2.81 bits per heavy atom. The molecule has 1 amide bonds. The van der Waals surface area contributed by atoms with Crippen molar-refractivity contribution in [3.8, 4) is 0 Å². The minimum atomic E-state index is -0.498. The number of amides is 1. The molecule has 112 valence electrons. The summed E-state index contributed by atoms with van der Waals surface area (Å²) in [5, 5.41) is 7.21. The van der Waals surface area contributed by atoms with Gasteiger partial charge in [0.1, 0.15) is 6.04 Å². The van der Waals surface area contributed by atoms with E-state index in [1.807, 2.05) is 19.9 Å². The zero-order chi connectivity index (χ0) is 15.6. The Morgan fingerprint density at radius 2 is 2.24 bits per heavy atom. The molecule has 6 nitrogen and oxygen atoms in total. The second kappa shape index (κ2) is 6.13. The third-order valence-electron chi connectivity index (χ3n) is 3.28. The van der Waals surface area contributed by atoms with Crippen molar-refractivity contribution in [2.75, 3.05) is 0 Å². The molecule has 21 heavy (non-hydrogen) atoms. The number of carbonyl (C=O) groups is 1. The maximum Gasteiger partial charge on any atom is 0.253 e. The monoisotopic (exact) mass is 308 g/mol. The quantitative estimate of drug-likeness (QED) is 0.902. The molecule has 0 unspecified atom stereocenters. The molecular weight excluding hydrogens is 292 g/mol. The molecule has 2 N–H and O–H groups in total. The van der Waals surface area contributed by atoms with Crippen LogP contribution < -0.4 is 10.9 Å². The van der Waals surface area contributed by atoms with Crippen molar-refractivity contribution in [3.63, 3.8) is 0 Å². The fourth-order valence-corrected chi connectivity index (χ4v) is 2.21. The summed E-state index contributed by atoms with van der Waals surface area (Å²) in [5.41, 5.74) is 2.03. The Bertz CT molecular complexity index is 720. The number of hydrogen-bond donors (Lipinski definition) is 2. The van der Waals surface area contributed by atoms with Crippen molar-refractivity contribution < 1.29 is 4.79 Å². The van der Waals surface area contributed by atoms with Gasteiger partial charge >= 0.3 is 0 Å². The number of hydrogen-bond acceptors (Lipinski definition) is 3. The first-order valence-electron chi connectivity index (χ1n) is 6.55. The molecule has 7 heteroatoms. The average Bonchev–Trinajstić information content (AvgIpc) is 2.83. The number of H-pyrrole nitrogens is 1. The fourth-order valence-electron chi connectivity index (χ4n) is 2.07. The Balaban J connectivity index is 2.06. The van der Waals surface area contributed by atoms with Crippen LogP contribution in [0.25, 0.3) is 0 Å². The van der Waals surface area contributed by atoms with Gasteiger partial charge in [-0.2, -0.15) is 5.10 Å². The standard InChI is InChI=1S/C14H17ClN4O2/c1-8-4-9(2)18-14(21)12(8)6-16-13(20)10(3)19-7-11(15)5-17-19/h4-5,7,10H,6H2,1-3H3,(H,16,20)(H,18,21)/t10-/m1/s1. The molecule has 0 aromatic carbocycles. The highest BCUT2D eigenvalue weighted by Gasteiger charge is 2.16. The van der Waals surface area contributed by atoms with Crippen LogP contribution >= 0.6 is 11.6 Å². The topological polar surface area (TPSA) is 79.8 Å². The minimum absolute atomic E-state index is 0.178. The molecule has 0 fully saturated rings. The minimum Gasteiger partial charge on any atom is -0.350 e. The number of carbonyl (C=O) groups excluding carboxylic acids is 1. The summed E-state index contributed by atoms with van der Waals surface area (Å²) in [4.78, 5) is 26.7. The molecule has 0 radical (unpaired) electrons. The number of aromatic nitrogens is 3. The number of pyridine rings is 1. The molecule has 0 bridgehead atoms. The number of nitrogens with zero attached hydrogens (tertiary/aromatic N) is 2. The lowest BCUT2D eigenvalue weighted by molar-refractivity contribution is -0.124. The SMILES string of the molecule is Cc1cc(C)c(CNC(=O)[C@@H](C)n2cc(Cl)cn2)c(=O)[nH]1. The summed E-state index contributed by atoms with van der Waals surface area (Å²) in [6.07, 6.45) is 3.05. The summed E-state index contributed by atoms with van der Waals surface area (Å²) >= 11 is 5.78. The Labute approximate surface area is 127 Å². The van der Waals surface area contributed by atoms with Crippen molar-refractivity contribution in [2.24, 2.45) is 0 Å². The zero-order valence-corrected chi connectivity index (χ0v) is 12.9. The van der Waals surface area contributed by atoms with E-state index in [0.717, 1.165) is 11.3 Å². The van der Waals surface area contributed by atoms with Gasteiger partial charge in [0.25, 0.3) is 5.56 Å². The van der Waals surface area contributed by atoms with Crippen LogP contribution in [0.3, 0.4) is 0 Å². The van der Waals surface area contributed by atoms with Crippen molar-refractivity contribution in [1.82, 2.24) is 20.1 Å². The van der Waals surface area contributed by atoms with E-state index in [4.69, 9.17) is 11.6 Å². The van der Waals surface area contributed by atoms with Gasteiger partial charge in [-0.15, -0.1) is 0 Å². The smallest absolute Gasteiger partial charge is 0.253 e. The predicted octanol–water partition coefficient (Wildman–Crippen LogP) is 1.72. The maximum absolute atomic E-state index is 12.1. The molecule has 0 aliphatic heterocycles. The summed E-state index contributed by atoms with van der Waals surface area (Å²) in [6, 6.07) is 1.38. The second-order valence-electron chi connectivity index (χ2n) is 4.98. The van der Waals surface area contributed by atoms with Crippen LogP contribution in [-0.4, -0.2) is 20.7 Å². The molecule has 2 aromatic heterocycles. The average molecular weight is 309 g/mol. The van der Waals surface area contributed by atoms with Gasteiger partial charge < -0.3 is 10.3 Å². The van der Waals surface area contributed by atoms with Gasteiger partial charge in [0, 0.05) is 24.0 Å². The highest BCUT2D eigenvalue weighted by molar-refractivity contribution is 6.30. The molecule has 0 saturated heterocycles. The van der Waals surface area contributed by atoms with Crippen molar-refractivity contribution >= 4 is 17.5 Å². The predicted molar refractivity (Wildman–Crippen MR) is 80.3 cm³/mol. The van der Waals surface area contributed by atoms with Crippen LogP contribution in [0.2, 0.25) is 5.02 Å². The van der Waals surface area contributed by atoms with Crippen molar-refractivity contribution in [2.45, 2.75) is 33.4 Å². The largest absolute Gasteiger partial charge is 0.350 e. The number of aromatic amines is 1. The van der Waals surface area contributed by atoms with E-state index >= 15 is 0 Å². The molecule has 0 aliphatic carbocycles. The van der Waals surface area contributed by atoms with Gasteiger partial charge in [-0.1, -0.05) is 11.6 Å². The molecule has 0 aliphatic rings. The van der Waals surface area contributed by atoms with E-state index in [1.165, 1.54) is 10.9 Å². The van der Waals surface area contributed by atoms with Crippen LogP contribution in [0.5, 0.6) is 0 Å². The van der Waals surface area contributed by atoms with Crippen LogP contribution in [0.4, 0.5) is 0 Å². The van der Waals surface area contributed by atoms with Crippen molar-refractivity contribution in [1.29, 1.82) is 0 Å². The summed E-state index contributed by atoms with van der Waals surface area (Å²) in [6.45, 7) is 5.56. The lowest BCUT2D eigenvalue weighted by atomic mass is 10.1. The molecule has 2 rings (SSSR count). The van der Waals surface area contributed by atoms with Gasteiger partial charge in [-0.05, 0) is 32.4 Å². The highest BCUT2D eigenvalue weighted by atomic mass is 35.5. The third kappa shape index (κ3) is 3.52. The van der Waals surface area contributed by atoms with Gasteiger partial charge in [-0.25, -0.2) is 0 Å². The Hall–Kier alpha value is -2.08. The molecule has 2 heterocycles. The molecule has 1 atom stereocenters. The molecular formula is C14H17ClN4O2. The summed E-state index contributed by atoms with van der Waals surface area (Å²) in [7, 11) is 0. The van der Waals surface area contributed by atoms with Gasteiger partial charge in [0.05, 0.1) is 11.2 Å². The van der Waals surface area contributed by atoms with E-state index in [-0.39, 0.29) is 18.0 Å². The van der Waals surface area contributed by atoms with Crippen LogP contribution in [-0.2, 0) is 11.3 Å². The normalized spacial score (nSPS) is 12.2. The van der Waals surface area contributed by atoms with E-state index in [2.05, 4.69) is 15.4 Å². The second-order valence-corrected chi connectivity index (χ2v) is 5.41. The van der Waals surface area contributed by atoms with Gasteiger partial charge in [-0.3, -0.25) is 14.3 Å². The molecule has 0 saturated carbocycles. The van der Waals surface area contributed by atoms with Crippen LogP contribution in [0.15, 0.2) is 23.3 Å². The maximum atomic E-state index is 12.1. The summed E-state index contributed by atoms with van der Waals surface area (Å²) < 4.78 is 1.48. The number of aryl methyl sites for hydroxylation is 2. The highest BCUT2D eigenvalue weighted by Crippen LogP contribution is 2.11. The fraction of sp³-hybridized carbons (Fsp3) is 0.357. The van der Waals surface area contributed by atoms with Gasteiger partial charge in [0.15, 0.2) is 0 Å². The lowest BCUT2D eigenvalue weighted by Crippen LogP contribution is -2.33. The number of rotatable bonds is 4. The number of nitrogens with one attached hydrogen (secondary N) is 2. The van der Waals surface area contributed by atoms with Gasteiger partial charge in [0.2, 0.25) is 5.91 Å². The first-order chi connectivity index (χ1) is 9.88. The Morgan fingerprint density at radius 1 is 1.52 bits per heavy atom. The lowest BCUT2D eigenvalue weighted by Gasteiger charge is -2.13.